The van der Waals surface area contributed by atoms with Gasteiger partial charge in [-0.15, -0.1) is 0 Å². The highest BCUT2D eigenvalue weighted by Crippen LogP contribution is 2.29. The minimum atomic E-state index is -0.804. The van der Waals surface area contributed by atoms with Gasteiger partial charge in [-0.3, -0.25) is 4.79 Å². The van der Waals surface area contributed by atoms with E-state index in [1.807, 2.05) is 42.2 Å². The second-order valence-electron chi connectivity index (χ2n) is 4.51. The number of fused-ring (bicyclic) bond motifs is 1. The van der Waals surface area contributed by atoms with Crippen LogP contribution in [-0.4, -0.2) is 24.2 Å². The third kappa shape index (κ3) is 2.72. The Morgan fingerprint density at radius 3 is 2.55 bits per heavy atom. The van der Waals surface area contributed by atoms with E-state index < -0.39 is 5.97 Å². The van der Waals surface area contributed by atoms with E-state index in [1.54, 1.807) is 6.07 Å². The molecule has 2 aromatic carbocycles. The van der Waals surface area contributed by atoms with Crippen molar-refractivity contribution in [2.24, 2.45) is 0 Å². The summed E-state index contributed by atoms with van der Waals surface area (Å²) in [4.78, 5) is 12.8. The molecule has 0 heterocycles. The summed E-state index contributed by atoms with van der Waals surface area (Å²) in [6, 6.07) is 13.6. The summed E-state index contributed by atoms with van der Waals surface area (Å²) in [5.41, 5.74) is 1.61. The van der Waals surface area contributed by atoms with Crippen LogP contribution in [0.3, 0.4) is 0 Å². The first-order valence-corrected chi connectivity index (χ1v) is 6.56. The molecule has 0 atom stereocenters. The molecule has 0 spiro atoms. The molecule has 20 heavy (non-hydrogen) atoms. The Kier molecular flexibility index (Phi) is 4.21. The summed E-state index contributed by atoms with van der Waals surface area (Å²) in [5, 5.41) is 19.9. The first-order chi connectivity index (χ1) is 9.67. The summed E-state index contributed by atoms with van der Waals surface area (Å²) in [5.74, 6) is -0.804. The lowest BCUT2D eigenvalue weighted by molar-refractivity contribution is -0.136. The van der Waals surface area contributed by atoms with Crippen molar-refractivity contribution in [1.29, 1.82) is 5.26 Å². The third-order valence-corrected chi connectivity index (χ3v) is 3.34. The fourth-order valence-electron chi connectivity index (χ4n) is 2.34. The van der Waals surface area contributed by atoms with Gasteiger partial charge in [-0.05, 0) is 19.1 Å². The van der Waals surface area contributed by atoms with Gasteiger partial charge in [0.2, 0.25) is 0 Å². The van der Waals surface area contributed by atoms with Crippen molar-refractivity contribution in [2.75, 3.05) is 18.0 Å². The zero-order valence-electron chi connectivity index (χ0n) is 11.3. The molecule has 0 radical (unpaired) electrons. The van der Waals surface area contributed by atoms with Crippen molar-refractivity contribution in [3.8, 4) is 6.07 Å². The van der Waals surface area contributed by atoms with Crippen LogP contribution in [-0.2, 0) is 4.79 Å². The van der Waals surface area contributed by atoms with Crippen LogP contribution in [0.5, 0.6) is 0 Å². The van der Waals surface area contributed by atoms with E-state index in [9.17, 15) is 4.79 Å². The fraction of sp³-hybridized carbons (Fsp3) is 0.250. The lowest BCUT2D eigenvalue weighted by Gasteiger charge is -2.24. The van der Waals surface area contributed by atoms with E-state index in [0.29, 0.717) is 12.1 Å². The van der Waals surface area contributed by atoms with Crippen molar-refractivity contribution in [3.05, 3.63) is 42.0 Å². The number of carbonyl (C=O) groups is 1. The van der Waals surface area contributed by atoms with Crippen molar-refractivity contribution < 1.29 is 9.90 Å². The molecule has 0 aromatic heterocycles. The molecular formula is C16H16N2O2. The second kappa shape index (κ2) is 6.07. The van der Waals surface area contributed by atoms with Gasteiger partial charge in [0.1, 0.15) is 0 Å². The molecule has 1 N–H and O–H groups in total. The SMILES string of the molecule is CCN(CCC(=O)O)c1ccc(C#N)c2ccccc12. The molecule has 0 unspecified atom stereocenters. The second-order valence-corrected chi connectivity index (χ2v) is 4.51. The number of benzene rings is 2. The third-order valence-electron chi connectivity index (χ3n) is 3.34. The first kappa shape index (κ1) is 13.9. The van der Waals surface area contributed by atoms with E-state index in [4.69, 9.17) is 10.4 Å². The lowest BCUT2D eigenvalue weighted by Crippen LogP contribution is -2.25. The number of hydrogen-bond donors (Lipinski definition) is 1. The Morgan fingerprint density at radius 1 is 1.25 bits per heavy atom. The monoisotopic (exact) mass is 268 g/mol. The average Bonchev–Trinajstić information content (AvgIpc) is 2.47. The fourth-order valence-corrected chi connectivity index (χ4v) is 2.34. The Labute approximate surface area is 117 Å². The van der Waals surface area contributed by atoms with Crippen LogP contribution in [0, 0.1) is 11.3 Å². The summed E-state index contributed by atoms with van der Waals surface area (Å²) in [6.45, 7) is 3.18. The summed E-state index contributed by atoms with van der Waals surface area (Å²) >= 11 is 0. The standard InChI is InChI=1S/C16H16N2O2/c1-2-18(10-9-16(19)20)15-8-7-12(11-17)13-5-3-4-6-14(13)15/h3-8H,2,9-10H2,1H3,(H,19,20). The van der Waals surface area contributed by atoms with Crippen LogP contribution < -0.4 is 4.90 Å². The van der Waals surface area contributed by atoms with Crippen molar-refractivity contribution in [1.82, 2.24) is 0 Å². The van der Waals surface area contributed by atoms with Gasteiger partial charge < -0.3 is 10.0 Å². The highest BCUT2D eigenvalue weighted by molar-refractivity contribution is 5.97. The molecule has 0 fully saturated rings. The molecule has 0 aliphatic carbocycles. The quantitative estimate of drug-likeness (QED) is 0.905. The number of anilines is 1. The van der Waals surface area contributed by atoms with Crippen LogP contribution in [0.4, 0.5) is 5.69 Å². The van der Waals surface area contributed by atoms with Gasteiger partial charge in [-0.25, -0.2) is 0 Å². The number of nitrogens with zero attached hydrogens (tertiary/aromatic N) is 2. The number of rotatable bonds is 5. The molecule has 2 rings (SSSR count). The smallest absolute Gasteiger partial charge is 0.305 e. The summed E-state index contributed by atoms with van der Waals surface area (Å²) < 4.78 is 0. The molecule has 0 saturated carbocycles. The van der Waals surface area contributed by atoms with Gasteiger partial charge in [0.05, 0.1) is 18.1 Å². The Bertz CT molecular complexity index is 674. The molecule has 0 bridgehead atoms. The van der Waals surface area contributed by atoms with Crippen LogP contribution in [0.1, 0.15) is 18.9 Å². The van der Waals surface area contributed by atoms with Crippen molar-refractivity contribution in [2.45, 2.75) is 13.3 Å². The highest BCUT2D eigenvalue weighted by atomic mass is 16.4. The molecule has 0 aliphatic heterocycles. The van der Waals surface area contributed by atoms with Crippen molar-refractivity contribution in [3.63, 3.8) is 0 Å². The molecule has 4 heteroatoms. The number of hydrogen-bond acceptors (Lipinski definition) is 3. The summed E-state index contributed by atoms with van der Waals surface area (Å²) in [7, 11) is 0. The maximum atomic E-state index is 10.7. The average molecular weight is 268 g/mol. The van der Waals surface area contributed by atoms with Gasteiger partial charge in [-0.2, -0.15) is 5.26 Å². The molecule has 4 nitrogen and oxygen atoms in total. The zero-order chi connectivity index (χ0) is 14.5. The van der Waals surface area contributed by atoms with E-state index in [1.165, 1.54) is 0 Å². The predicted octanol–water partition coefficient (Wildman–Crippen LogP) is 3.01. The first-order valence-electron chi connectivity index (χ1n) is 6.56. The maximum absolute atomic E-state index is 10.7. The number of carboxylic acids is 1. The van der Waals surface area contributed by atoms with Crippen LogP contribution in [0.15, 0.2) is 36.4 Å². The lowest BCUT2D eigenvalue weighted by atomic mass is 10.0. The largest absolute Gasteiger partial charge is 0.481 e. The Hall–Kier alpha value is -2.54. The Morgan fingerprint density at radius 2 is 1.95 bits per heavy atom. The molecule has 0 amide bonds. The number of carboxylic acid groups (broad SMARTS) is 1. The minimum absolute atomic E-state index is 0.0994. The van der Waals surface area contributed by atoms with Gasteiger partial charge in [-0.1, -0.05) is 24.3 Å². The van der Waals surface area contributed by atoms with Crippen LogP contribution in [0.25, 0.3) is 10.8 Å². The van der Waals surface area contributed by atoms with Gasteiger partial charge >= 0.3 is 5.97 Å². The molecule has 2 aromatic rings. The Balaban J connectivity index is 2.48. The van der Waals surface area contributed by atoms with Crippen molar-refractivity contribution >= 4 is 22.4 Å². The minimum Gasteiger partial charge on any atom is -0.481 e. The van der Waals surface area contributed by atoms with E-state index >= 15 is 0 Å². The van der Waals surface area contributed by atoms with Gasteiger partial charge in [0, 0.05) is 29.5 Å². The number of nitriles is 1. The zero-order valence-corrected chi connectivity index (χ0v) is 11.3. The van der Waals surface area contributed by atoms with Crippen LogP contribution >= 0.6 is 0 Å². The number of aliphatic carboxylic acids is 1. The molecule has 102 valence electrons. The summed E-state index contributed by atoms with van der Waals surface area (Å²) in [6.07, 6.45) is 0.0994. The van der Waals surface area contributed by atoms with Gasteiger partial charge in [0.25, 0.3) is 0 Å². The van der Waals surface area contributed by atoms with Gasteiger partial charge in [0.15, 0.2) is 0 Å². The normalized spacial score (nSPS) is 10.2. The molecule has 0 aliphatic rings. The topological polar surface area (TPSA) is 64.3 Å². The molecular weight excluding hydrogens is 252 g/mol. The predicted molar refractivity (Wildman–Crippen MR) is 78.8 cm³/mol. The highest BCUT2D eigenvalue weighted by Gasteiger charge is 2.12. The van der Waals surface area contributed by atoms with E-state index in [2.05, 4.69) is 6.07 Å². The maximum Gasteiger partial charge on any atom is 0.305 e. The van der Waals surface area contributed by atoms with E-state index in [0.717, 1.165) is 23.0 Å². The van der Waals surface area contributed by atoms with Crippen LogP contribution in [0.2, 0.25) is 0 Å². The molecule has 0 saturated heterocycles. The van der Waals surface area contributed by atoms with E-state index in [-0.39, 0.29) is 6.42 Å².